The van der Waals surface area contributed by atoms with E-state index in [1.807, 2.05) is 48.7 Å². The van der Waals surface area contributed by atoms with Crippen LogP contribution < -0.4 is 9.64 Å². The zero-order valence-electron chi connectivity index (χ0n) is 17.5. The fraction of sp³-hybridized carbons (Fsp3) is 0.250. The molecular weight excluding hydrogens is 406 g/mol. The van der Waals surface area contributed by atoms with E-state index in [9.17, 15) is 4.79 Å². The maximum absolute atomic E-state index is 10.9. The van der Waals surface area contributed by atoms with Crippen LogP contribution in [0, 0.1) is 11.3 Å². The number of carboxylic acid groups (broad SMARTS) is 1. The van der Waals surface area contributed by atoms with Gasteiger partial charge in [0.25, 0.3) is 0 Å². The molecule has 32 heavy (non-hydrogen) atoms. The molecule has 0 unspecified atom stereocenters. The molecule has 8 nitrogen and oxygen atoms in total. The van der Waals surface area contributed by atoms with E-state index in [0.29, 0.717) is 18.0 Å². The van der Waals surface area contributed by atoms with Crippen LogP contribution in [0.5, 0.6) is 5.75 Å². The van der Waals surface area contributed by atoms with Gasteiger partial charge in [-0.1, -0.05) is 12.1 Å². The molecule has 0 aliphatic carbocycles. The minimum Gasteiger partial charge on any atom is -0.482 e. The monoisotopic (exact) mass is 429 g/mol. The third-order valence-electron chi connectivity index (χ3n) is 5.37. The summed E-state index contributed by atoms with van der Waals surface area (Å²) < 4.78 is 5.41. The summed E-state index contributed by atoms with van der Waals surface area (Å²) in [7, 11) is 0. The minimum absolute atomic E-state index is 0.363. The normalized spacial score (nSPS) is 14.0. The summed E-state index contributed by atoms with van der Waals surface area (Å²) in [5, 5.41) is 18.0. The molecular formula is C24H23N5O3. The summed E-state index contributed by atoms with van der Waals surface area (Å²) >= 11 is 0. The number of rotatable bonds is 7. The van der Waals surface area contributed by atoms with E-state index in [4.69, 9.17) is 15.1 Å². The van der Waals surface area contributed by atoms with Gasteiger partial charge in [-0.15, -0.1) is 0 Å². The maximum Gasteiger partial charge on any atom is 0.341 e. The Morgan fingerprint density at radius 2 is 1.94 bits per heavy atom. The van der Waals surface area contributed by atoms with E-state index >= 15 is 0 Å². The Balaban J connectivity index is 1.53. The van der Waals surface area contributed by atoms with Crippen molar-refractivity contribution in [3.8, 4) is 22.9 Å². The number of nitriles is 1. The highest BCUT2D eigenvalue weighted by Crippen LogP contribution is 2.29. The number of benzene rings is 1. The number of ether oxygens (including phenoxy) is 1. The number of carboxylic acids is 1. The van der Waals surface area contributed by atoms with Crippen LogP contribution in [0.1, 0.15) is 11.3 Å². The highest BCUT2D eigenvalue weighted by molar-refractivity contribution is 5.70. The van der Waals surface area contributed by atoms with Crippen molar-refractivity contribution in [2.45, 2.75) is 6.54 Å². The van der Waals surface area contributed by atoms with Gasteiger partial charge in [0.2, 0.25) is 0 Å². The fourth-order valence-corrected chi connectivity index (χ4v) is 3.75. The molecule has 3 aromatic rings. The van der Waals surface area contributed by atoms with E-state index in [1.165, 1.54) is 0 Å². The van der Waals surface area contributed by atoms with Gasteiger partial charge in [0, 0.05) is 50.7 Å². The van der Waals surface area contributed by atoms with Crippen LogP contribution in [0.25, 0.3) is 11.1 Å². The lowest BCUT2D eigenvalue weighted by atomic mass is 9.99. The maximum atomic E-state index is 10.9. The Hall–Kier alpha value is -3.96. The van der Waals surface area contributed by atoms with Crippen molar-refractivity contribution < 1.29 is 14.6 Å². The van der Waals surface area contributed by atoms with Gasteiger partial charge in [0.15, 0.2) is 6.61 Å². The molecule has 8 heteroatoms. The molecule has 0 amide bonds. The Kier molecular flexibility index (Phi) is 6.58. The molecule has 0 radical (unpaired) electrons. The first-order chi connectivity index (χ1) is 15.6. The first-order valence-corrected chi connectivity index (χ1v) is 10.3. The second kappa shape index (κ2) is 9.90. The quantitative estimate of drug-likeness (QED) is 0.612. The number of hydrogen-bond donors (Lipinski definition) is 1. The van der Waals surface area contributed by atoms with E-state index in [-0.39, 0.29) is 6.61 Å². The summed E-state index contributed by atoms with van der Waals surface area (Å²) in [6, 6.07) is 17.1. The molecule has 1 N–H and O–H groups in total. The van der Waals surface area contributed by atoms with Crippen LogP contribution in [0.4, 0.5) is 5.82 Å². The minimum atomic E-state index is -1.02. The number of aromatic nitrogens is 2. The second-order valence-corrected chi connectivity index (χ2v) is 7.50. The fourth-order valence-electron chi connectivity index (χ4n) is 3.75. The summed E-state index contributed by atoms with van der Waals surface area (Å²) in [5.74, 6) is 0.484. The van der Waals surface area contributed by atoms with E-state index in [1.54, 1.807) is 18.3 Å². The van der Waals surface area contributed by atoms with Crippen molar-refractivity contribution in [1.29, 1.82) is 5.26 Å². The number of hydrogen-bond acceptors (Lipinski definition) is 7. The molecule has 1 aliphatic rings. The van der Waals surface area contributed by atoms with Gasteiger partial charge in [-0.2, -0.15) is 5.26 Å². The van der Waals surface area contributed by atoms with Gasteiger partial charge >= 0.3 is 5.97 Å². The number of piperazine rings is 1. The molecule has 0 atom stereocenters. The molecule has 0 bridgehead atoms. The largest absolute Gasteiger partial charge is 0.482 e. The average molecular weight is 429 g/mol. The molecule has 1 aliphatic heterocycles. The number of anilines is 1. The van der Waals surface area contributed by atoms with Crippen LogP contribution in [0.15, 0.2) is 60.9 Å². The molecule has 1 saturated heterocycles. The van der Waals surface area contributed by atoms with Crippen molar-refractivity contribution in [3.05, 3.63) is 72.2 Å². The van der Waals surface area contributed by atoms with Crippen LogP contribution in [-0.4, -0.2) is 58.7 Å². The van der Waals surface area contributed by atoms with E-state index < -0.39 is 5.97 Å². The van der Waals surface area contributed by atoms with Crippen molar-refractivity contribution in [1.82, 2.24) is 14.9 Å². The van der Waals surface area contributed by atoms with Crippen molar-refractivity contribution >= 4 is 11.8 Å². The molecule has 1 fully saturated rings. The zero-order chi connectivity index (χ0) is 22.3. The SMILES string of the molecule is N#Cc1ccc(-c2ccc(OCC(=O)O)cc2CN2CCN(c3ccccn3)CC2)cn1. The predicted molar refractivity (Wildman–Crippen MR) is 119 cm³/mol. The van der Waals surface area contributed by atoms with Gasteiger partial charge < -0.3 is 14.7 Å². The number of nitrogens with zero attached hydrogens (tertiary/aromatic N) is 5. The topological polar surface area (TPSA) is 103 Å². The van der Waals surface area contributed by atoms with Gasteiger partial charge in [-0.3, -0.25) is 4.90 Å². The third-order valence-corrected chi connectivity index (χ3v) is 5.37. The van der Waals surface area contributed by atoms with Gasteiger partial charge in [0.1, 0.15) is 23.3 Å². The predicted octanol–water partition coefficient (Wildman–Crippen LogP) is 2.80. The summed E-state index contributed by atoms with van der Waals surface area (Å²) in [6.07, 6.45) is 3.50. The number of pyridine rings is 2. The Morgan fingerprint density at radius 1 is 1.09 bits per heavy atom. The molecule has 0 saturated carbocycles. The van der Waals surface area contributed by atoms with Crippen molar-refractivity contribution in [3.63, 3.8) is 0 Å². The molecule has 1 aromatic carbocycles. The lowest BCUT2D eigenvalue weighted by Crippen LogP contribution is -2.46. The third kappa shape index (κ3) is 5.20. The van der Waals surface area contributed by atoms with Gasteiger partial charge in [-0.05, 0) is 47.5 Å². The summed E-state index contributed by atoms with van der Waals surface area (Å²) in [5.41, 5.74) is 3.26. The first-order valence-electron chi connectivity index (χ1n) is 10.3. The second-order valence-electron chi connectivity index (χ2n) is 7.50. The van der Waals surface area contributed by atoms with Crippen LogP contribution >= 0.6 is 0 Å². The Morgan fingerprint density at radius 3 is 2.59 bits per heavy atom. The summed E-state index contributed by atoms with van der Waals surface area (Å²) in [6.45, 7) is 3.80. The number of aliphatic carboxylic acids is 1. The molecule has 2 aromatic heterocycles. The molecule has 4 rings (SSSR count). The van der Waals surface area contributed by atoms with Crippen molar-refractivity contribution in [2.75, 3.05) is 37.7 Å². The number of carbonyl (C=O) groups is 1. The smallest absolute Gasteiger partial charge is 0.341 e. The summed E-state index contributed by atoms with van der Waals surface area (Å²) in [4.78, 5) is 24.2. The molecule has 162 valence electrons. The van der Waals surface area contributed by atoms with Crippen LogP contribution in [0.2, 0.25) is 0 Å². The molecule has 3 heterocycles. The average Bonchev–Trinajstić information content (AvgIpc) is 2.84. The highest BCUT2D eigenvalue weighted by atomic mass is 16.5. The van der Waals surface area contributed by atoms with Gasteiger partial charge in [-0.25, -0.2) is 14.8 Å². The van der Waals surface area contributed by atoms with E-state index in [0.717, 1.165) is 48.7 Å². The Bertz CT molecular complexity index is 1100. The van der Waals surface area contributed by atoms with Gasteiger partial charge in [0.05, 0.1) is 0 Å². The standard InChI is InChI=1S/C24H23N5O3/c25-14-20-5-4-18(15-27-20)22-7-6-21(32-17-24(30)31)13-19(22)16-28-9-11-29(12-10-28)23-3-1-2-8-26-23/h1-8,13,15H,9-12,16-17H2,(H,30,31). The van der Waals surface area contributed by atoms with Crippen LogP contribution in [-0.2, 0) is 11.3 Å². The lowest BCUT2D eigenvalue weighted by molar-refractivity contribution is -0.139. The van der Waals surface area contributed by atoms with Crippen molar-refractivity contribution in [2.24, 2.45) is 0 Å². The van der Waals surface area contributed by atoms with Crippen LogP contribution in [0.3, 0.4) is 0 Å². The molecule has 0 spiro atoms. The zero-order valence-corrected chi connectivity index (χ0v) is 17.5. The van der Waals surface area contributed by atoms with E-state index in [2.05, 4.69) is 19.8 Å². The first kappa shape index (κ1) is 21.3. The highest BCUT2D eigenvalue weighted by Gasteiger charge is 2.19. The Labute approximate surface area is 186 Å². The lowest BCUT2D eigenvalue weighted by Gasteiger charge is -2.35.